The summed E-state index contributed by atoms with van der Waals surface area (Å²) in [5, 5.41) is 3.40. The van der Waals surface area contributed by atoms with Gasteiger partial charge in [0.15, 0.2) is 0 Å². The maximum Gasteiger partial charge on any atom is 0.226 e. The molecule has 0 saturated carbocycles. The molecule has 1 aliphatic heterocycles. The van der Waals surface area contributed by atoms with Gasteiger partial charge in [-0.15, -0.1) is 0 Å². The minimum Gasteiger partial charge on any atom is -0.444 e. The zero-order valence-electron chi connectivity index (χ0n) is 12.4. The molecule has 1 aromatic heterocycles. The first kappa shape index (κ1) is 14.2. The molecule has 21 heavy (non-hydrogen) atoms. The first-order valence-electron chi connectivity index (χ1n) is 7.21. The molecule has 4 nitrogen and oxygen atoms in total. The van der Waals surface area contributed by atoms with E-state index < -0.39 is 0 Å². The largest absolute Gasteiger partial charge is 0.444 e. The second kappa shape index (κ2) is 5.58. The molecule has 0 bridgehead atoms. The Morgan fingerprint density at radius 2 is 2.29 bits per heavy atom. The predicted molar refractivity (Wildman–Crippen MR) is 79.3 cm³/mol. The number of hydrogen-bond donors (Lipinski definition) is 1. The summed E-state index contributed by atoms with van der Waals surface area (Å²) in [6.45, 7) is 8.10. The molecule has 1 aliphatic rings. The second-order valence-corrected chi connectivity index (χ2v) is 6.07. The lowest BCUT2D eigenvalue weighted by molar-refractivity contribution is 0.0814. The summed E-state index contributed by atoms with van der Waals surface area (Å²) in [5.41, 5.74) is 1.64. The molecule has 0 spiro atoms. The second-order valence-electron chi connectivity index (χ2n) is 6.07. The summed E-state index contributed by atoms with van der Waals surface area (Å²) in [6, 6.07) is 6.31. The number of aromatic nitrogens is 1. The summed E-state index contributed by atoms with van der Waals surface area (Å²) in [7, 11) is 0. The third-order valence-corrected chi connectivity index (χ3v) is 3.95. The molecular weight excluding hydrogens is 269 g/mol. The van der Waals surface area contributed by atoms with Gasteiger partial charge in [-0.05, 0) is 32.0 Å². The van der Waals surface area contributed by atoms with Gasteiger partial charge in [-0.3, -0.25) is 4.90 Å². The van der Waals surface area contributed by atoms with Gasteiger partial charge in [0.25, 0.3) is 0 Å². The van der Waals surface area contributed by atoms with Crippen LogP contribution < -0.4 is 5.32 Å². The van der Waals surface area contributed by atoms with Crippen molar-refractivity contribution in [1.29, 1.82) is 0 Å². The van der Waals surface area contributed by atoms with Crippen LogP contribution in [0.15, 0.2) is 34.9 Å². The fraction of sp³-hybridized carbons (Fsp3) is 0.438. The van der Waals surface area contributed by atoms with E-state index in [2.05, 4.69) is 29.0 Å². The molecule has 112 valence electrons. The van der Waals surface area contributed by atoms with Crippen LogP contribution in [0.4, 0.5) is 4.39 Å². The fourth-order valence-corrected chi connectivity index (χ4v) is 2.65. The van der Waals surface area contributed by atoms with Crippen molar-refractivity contribution in [2.24, 2.45) is 0 Å². The molecule has 1 aromatic carbocycles. The number of oxazole rings is 1. The minimum atomic E-state index is -0.282. The molecule has 5 heteroatoms. The summed E-state index contributed by atoms with van der Waals surface area (Å²) < 4.78 is 18.7. The number of piperazine rings is 1. The predicted octanol–water partition coefficient (Wildman–Crippen LogP) is 2.66. The highest BCUT2D eigenvalue weighted by atomic mass is 19.1. The molecule has 0 unspecified atom stereocenters. The number of nitrogens with one attached hydrogen (secondary N) is 1. The van der Waals surface area contributed by atoms with Gasteiger partial charge in [0, 0.05) is 37.3 Å². The van der Waals surface area contributed by atoms with Crippen molar-refractivity contribution in [1.82, 2.24) is 15.2 Å². The highest BCUT2D eigenvalue weighted by Crippen LogP contribution is 2.23. The zero-order chi connectivity index (χ0) is 14.9. The van der Waals surface area contributed by atoms with Gasteiger partial charge in [-0.2, -0.15) is 0 Å². The number of hydrogen-bond acceptors (Lipinski definition) is 4. The number of halogens is 1. The minimum absolute atomic E-state index is 0.0935. The van der Waals surface area contributed by atoms with E-state index in [1.54, 1.807) is 18.4 Å². The van der Waals surface area contributed by atoms with Crippen LogP contribution >= 0.6 is 0 Å². The maximum atomic E-state index is 13.2. The maximum absolute atomic E-state index is 13.2. The quantitative estimate of drug-likeness (QED) is 0.943. The van der Waals surface area contributed by atoms with E-state index in [0.29, 0.717) is 11.5 Å². The summed E-state index contributed by atoms with van der Waals surface area (Å²) >= 11 is 0. The van der Waals surface area contributed by atoms with E-state index in [4.69, 9.17) is 4.42 Å². The van der Waals surface area contributed by atoms with Crippen molar-refractivity contribution in [3.63, 3.8) is 0 Å². The van der Waals surface area contributed by atoms with Crippen LogP contribution in [0.5, 0.6) is 0 Å². The van der Waals surface area contributed by atoms with Crippen LogP contribution in [-0.2, 0) is 6.54 Å². The van der Waals surface area contributed by atoms with Crippen LogP contribution in [0.1, 0.15) is 19.5 Å². The third-order valence-electron chi connectivity index (χ3n) is 3.95. The Morgan fingerprint density at radius 3 is 3.05 bits per heavy atom. The Labute approximate surface area is 124 Å². The molecule has 2 heterocycles. The van der Waals surface area contributed by atoms with E-state index in [-0.39, 0.29) is 11.4 Å². The Hall–Kier alpha value is -1.72. The van der Waals surface area contributed by atoms with Gasteiger partial charge in [-0.25, -0.2) is 9.37 Å². The van der Waals surface area contributed by atoms with Crippen molar-refractivity contribution in [3.8, 4) is 11.5 Å². The first-order valence-corrected chi connectivity index (χ1v) is 7.21. The lowest BCUT2D eigenvalue weighted by Crippen LogP contribution is -2.57. The van der Waals surface area contributed by atoms with Gasteiger partial charge in [0.1, 0.15) is 12.1 Å². The highest BCUT2D eigenvalue weighted by Gasteiger charge is 2.30. The van der Waals surface area contributed by atoms with Gasteiger partial charge in [0.05, 0.1) is 5.69 Å². The molecule has 0 radical (unpaired) electrons. The van der Waals surface area contributed by atoms with Crippen molar-refractivity contribution in [2.75, 3.05) is 19.6 Å². The topological polar surface area (TPSA) is 41.3 Å². The summed E-state index contributed by atoms with van der Waals surface area (Å²) in [6.07, 6.45) is 1.67. The van der Waals surface area contributed by atoms with E-state index in [0.717, 1.165) is 31.9 Å². The molecule has 0 aliphatic carbocycles. The van der Waals surface area contributed by atoms with E-state index >= 15 is 0 Å². The molecular formula is C16H20FN3O. The van der Waals surface area contributed by atoms with Crippen LogP contribution in [0.2, 0.25) is 0 Å². The smallest absolute Gasteiger partial charge is 0.226 e. The molecule has 0 atom stereocenters. The van der Waals surface area contributed by atoms with Gasteiger partial charge in [0.2, 0.25) is 5.89 Å². The van der Waals surface area contributed by atoms with Crippen molar-refractivity contribution in [3.05, 3.63) is 42.0 Å². The lowest BCUT2D eigenvalue weighted by atomic mass is 10.00. The normalized spacial score (nSPS) is 18.8. The van der Waals surface area contributed by atoms with Crippen LogP contribution in [0, 0.1) is 5.82 Å². The van der Waals surface area contributed by atoms with Gasteiger partial charge < -0.3 is 9.73 Å². The molecule has 3 rings (SSSR count). The number of rotatable bonds is 3. The lowest BCUT2D eigenvalue weighted by Gasteiger charge is -2.42. The average Bonchev–Trinajstić information content (AvgIpc) is 2.90. The van der Waals surface area contributed by atoms with Crippen LogP contribution in [-0.4, -0.2) is 35.1 Å². The van der Waals surface area contributed by atoms with E-state index in [1.165, 1.54) is 12.1 Å². The Morgan fingerprint density at radius 1 is 1.43 bits per heavy atom. The first-order chi connectivity index (χ1) is 10.0. The third kappa shape index (κ3) is 3.14. The van der Waals surface area contributed by atoms with Crippen LogP contribution in [0.3, 0.4) is 0 Å². The Kier molecular flexibility index (Phi) is 3.78. The molecule has 1 saturated heterocycles. The molecule has 0 amide bonds. The monoisotopic (exact) mass is 289 g/mol. The SMILES string of the molecule is CC1(C)CNCCN1Cc1coc(-c2cccc(F)c2)n1. The molecule has 1 fully saturated rings. The Bertz CT molecular complexity index is 623. The van der Waals surface area contributed by atoms with Crippen molar-refractivity contribution < 1.29 is 8.81 Å². The molecule has 1 N–H and O–H groups in total. The standard InChI is InChI=1S/C16H20FN3O/c1-16(2)11-18-6-7-20(16)9-14-10-21-15(19-14)12-4-3-5-13(17)8-12/h3-5,8,10,18H,6-7,9,11H2,1-2H3. The average molecular weight is 289 g/mol. The summed E-state index contributed by atoms with van der Waals surface area (Å²) in [4.78, 5) is 6.87. The van der Waals surface area contributed by atoms with Gasteiger partial charge >= 0.3 is 0 Å². The van der Waals surface area contributed by atoms with Gasteiger partial charge in [-0.1, -0.05) is 6.07 Å². The fourth-order valence-electron chi connectivity index (χ4n) is 2.65. The highest BCUT2D eigenvalue weighted by molar-refractivity contribution is 5.52. The van der Waals surface area contributed by atoms with E-state index in [1.807, 2.05) is 0 Å². The van der Waals surface area contributed by atoms with Crippen molar-refractivity contribution >= 4 is 0 Å². The van der Waals surface area contributed by atoms with Crippen molar-refractivity contribution in [2.45, 2.75) is 25.9 Å². The summed E-state index contributed by atoms with van der Waals surface area (Å²) in [5.74, 6) is 0.188. The van der Waals surface area contributed by atoms with Crippen LogP contribution in [0.25, 0.3) is 11.5 Å². The number of benzene rings is 1. The Balaban J connectivity index is 1.76. The number of nitrogens with zero attached hydrogens (tertiary/aromatic N) is 2. The molecule has 2 aromatic rings. The van der Waals surface area contributed by atoms with E-state index in [9.17, 15) is 4.39 Å². The zero-order valence-corrected chi connectivity index (χ0v) is 12.4.